The number of sulfonamides is 1. The molecule has 0 fully saturated rings. The molecule has 4 nitrogen and oxygen atoms in total. The fraction of sp³-hybridized carbons (Fsp3) is 0.0800. The molecule has 0 unspecified atom stereocenters. The Labute approximate surface area is 176 Å². The van der Waals surface area contributed by atoms with E-state index in [1.807, 2.05) is 42.5 Å². The fourth-order valence-corrected chi connectivity index (χ4v) is 5.33. The van der Waals surface area contributed by atoms with E-state index in [9.17, 15) is 8.42 Å². The third-order valence-electron chi connectivity index (χ3n) is 5.41. The second-order valence-corrected chi connectivity index (χ2v) is 9.18. The molecular formula is C25H20N2O2S. The molecule has 5 rings (SSSR count). The first-order valence-corrected chi connectivity index (χ1v) is 11.3. The molecule has 0 N–H and O–H groups in total. The van der Waals surface area contributed by atoms with Crippen LogP contribution in [0, 0.1) is 0 Å². The maximum atomic E-state index is 13.1. The van der Waals surface area contributed by atoms with Gasteiger partial charge in [-0.15, -0.1) is 0 Å². The van der Waals surface area contributed by atoms with Crippen LogP contribution in [0.5, 0.6) is 0 Å². The van der Waals surface area contributed by atoms with Gasteiger partial charge in [-0.25, -0.2) is 8.42 Å². The Balaban J connectivity index is 1.38. The summed E-state index contributed by atoms with van der Waals surface area (Å²) in [7, 11) is -3.58. The van der Waals surface area contributed by atoms with E-state index in [0.717, 1.165) is 28.6 Å². The zero-order valence-corrected chi connectivity index (χ0v) is 17.1. The number of hydrogen-bond acceptors (Lipinski definition) is 3. The summed E-state index contributed by atoms with van der Waals surface area (Å²) in [4.78, 5) is 4.79. The fourth-order valence-electron chi connectivity index (χ4n) is 3.83. The predicted octanol–water partition coefficient (Wildman–Crippen LogP) is 5.34. The first-order valence-electron chi connectivity index (χ1n) is 9.85. The molecule has 0 saturated carbocycles. The van der Waals surface area contributed by atoms with Gasteiger partial charge in [0.25, 0.3) is 10.0 Å². The molecule has 0 aromatic heterocycles. The molecular weight excluding hydrogens is 392 g/mol. The zero-order valence-electron chi connectivity index (χ0n) is 16.3. The van der Waals surface area contributed by atoms with Crippen molar-refractivity contribution in [2.75, 3.05) is 10.8 Å². The van der Waals surface area contributed by atoms with Crippen molar-refractivity contribution in [1.82, 2.24) is 0 Å². The maximum absolute atomic E-state index is 13.1. The highest BCUT2D eigenvalue weighted by atomic mass is 32.2. The molecule has 0 amide bonds. The Morgan fingerprint density at radius 3 is 2.37 bits per heavy atom. The summed E-state index contributed by atoms with van der Waals surface area (Å²) in [6.45, 7) is 0.476. The van der Waals surface area contributed by atoms with Crippen molar-refractivity contribution in [1.29, 1.82) is 0 Å². The van der Waals surface area contributed by atoms with E-state index in [0.29, 0.717) is 12.2 Å². The van der Waals surface area contributed by atoms with Crippen LogP contribution < -0.4 is 4.31 Å². The second-order valence-electron chi connectivity index (χ2n) is 7.31. The molecule has 1 heterocycles. The van der Waals surface area contributed by atoms with Gasteiger partial charge in [0.05, 0.1) is 16.3 Å². The van der Waals surface area contributed by atoms with E-state index in [2.05, 4.69) is 29.3 Å². The molecule has 0 aliphatic carbocycles. The minimum atomic E-state index is -3.58. The Morgan fingerprint density at radius 1 is 0.800 bits per heavy atom. The van der Waals surface area contributed by atoms with Crippen LogP contribution in [0.1, 0.15) is 11.1 Å². The number of nitrogens with zero attached hydrogens (tertiary/aromatic N) is 2. The summed E-state index contributed by atoms with van der Waals surface area (Å²) in [6.07, 6.45) is 2.54. The highest BCUT2D eigenvalue weighted by Crippen LogP contribution is 2.33. The van der Waals surface area contributed by atoms with E-state index >= 15 is 0 Å². The summed E-state index contributed by atoms with van der Waals surface area (Å²) < 4.78 is 27.7. The summed E-state index contributed by atoms with van der Waals surface area (Å²) in [5, 5.41) is 2.35. The Kier molecular flexibility index (Phi) is 4.60. The highest BCUT2D eigenvalue weighted by molar-refractivity contribution is 7.92. The molecule has 148 valence electrons. The molecule has 0 radical (unpaired) electrons. The third kappa shape index (κ3) is 3.37. The summed E-state index contributed by atoms with van der Waals surface area (Å²) in [5.41, 5.74) is 3.55. The van der Waals surface area contributed by atoms with Crippen LogP contribution in [0.25, 0.3) is 10.8 Å². The van der Waals surface area contributed by atoms with Crippen molar-refractivity contribution in [3.63, 3.8) is 0 Å². The van der Waals surface area contributed by atoms with Crippen LogP contribution in [0.2, 0.25) is 0 Å². The van der Waals surface area contributed by atoms with Gasteiger partial charge in [-0.2, -0.15) is 0 Å². The van der Waals surface area contributed by atoms with Crippen molar-refractivity contribution < 1.29 is 8.42 Å². The van der Waals surface area contributed by atoms with Gasteiger partial charge in [0.1, 0.15) is 0 Å². The number of rotatable bonds is 4. The minimum Gasteiger partial charge on any atom is -0.266 e. The smallest absolute Gasteiger partial charge is 0.264 e. The van der Waals surface area contributed by atoms with Crippen molar-refractivity contribution in [2.24, 2.45) is 4.99 Å². The van der Waals surface area contributed by atoms with Crippen molar-refractivity contribution in [2.45, 2.75) is 11.3 Å². The maximum Gasteiger partial charge on any atom is 0.264 e. The lowest BCUT2D eigenvalue weighted by molar-refractivity contribution is 0.592. The number of benzene rings is 4. The second kappa shape index (κ2) is 7.43. The van der Waals surface area contributed by atoms with Crippen LogP contribution in [0.3, 0.4) is 0 Å². The van der Waals surface area contributed by atoms with Crippen LogP contribution >= 0.6 is 0 Å². The van der Waals surface area contributed by atoms with Gasteiger partial charge in [-0.3, -0.25) is 9.30 Å². The molecule has 4 aromatic rings. The molecule has 30 heavy (non-hydrogen) atoms. The SMILES string of the molecule is O=S(=O)(c1ccc(N=Cc2ccc3ccccc3c2)cc1)N1CCc2ccccc21. The van der Waals surface area contributed by atoms with Gasteiger partial charge in [0.2, 0.25) is 0 Å². The molecule has 0 spiro atoms. The number of anilines is 1. The monoisotopic (exact) mass is 412 g/mol. The number of fused-ring (bicyclic) bond motifs is 2. The Morgan fingerprint density at radius 2 is 1.53 bits per heavy atom. The normalized spacial score (nSPS) is 13.8. The van der Waals surface area contributed by atoms with Gasteiger partial charge < -0.3 is 0 Å². The predicted molar refractivity (Wildman–Crippen MR) is 122 cm³/mol. The van der Waals surface area contributed by atoms with Gasteiger partial charge in [-0.1, -0.05) is 54.6 Å². The molecule has 4 aromatic carbocycles. The molecule has 0 bridgehead atoms. The minimum absolute atomic E-state index is 0.281. The average molecular weight is 413 g/mol. The number of aliphatic imine (C=N–C) groups is 1. The highest BCUT2D eigenvalue weighted by Gasteiger charge is 2.30. The molecule has 5 heteroatoms. The van der Waals surface area contributed by atoms with Crippen LogP contribution in [-0.2, 0) is 16.4 Å². The van der Waals surface area contributed by atoms with E-state index in [1.54, 1.807) is 30.5 Å². The quantitative estimate of drug-likeness (QED) is 0.425. The van der Waals surface area contributed by atoms with Crippen molar-refractivity contribution >= 4 is 38.4 Å². The average Bonchev–Trinajstić information content (AvgIpc) is 3.23. The molecule has 0 atom stereocenters. The lowest BCUT2D eigenvalue weighted by Crippen LogP contribution is -2.29. The lowest BCUT2D eigenvalue weighted by Gasteiger charge is -2.19. The summed E-state index contributed by atoms with van der Waals surface area (Å²) in [6, 6.07) is 28.8. The summed E-state index contributed by atoms with van der Waals surface area (Å²) in [5.74, 6) is 0. The third-order valence-corrected chi connectivity index (χ3v) is 7.23. The topological polar surface area (TPSA) is 49.7 Å². The van der Waals surface area contributed by atoms with Gasteiger partial charge in [0, 0.05) is 12.8 Å². The Hall–Kier alpha value is -3.44. The molecule has 0 saturated heterocycles. The molecule has 1 aliphatic rings. The first kappa shape index (κ1) is 18.6. The largest absolute Gasteiger partial charge is 0.266 e. The van der Waals surface area contributed by atoms with E-state index in [4.69, 9.17) is 0 Å². The summed E-state index contributed by atoms with van der Waals surface area (Å²) >= 11 is 0. The van der Waals surface area contributed by atoms with E-state index in [-0.39, 0.29) is 4.90 Å². The van der Waals surface area contributed by atoms with Crippen LogP contribution in [0.4, 0.5) is 11.4 Å². The number of para-hydroxylation sites is 1. The van der Waals surface area contributed by atoms with Gasteiger partial charge >= 0.3 is 0 Å². The van der Waals surface area contributed by atoms with Crippen molar-refractivity contribution in [3.8, 4) is 0 Å². The molecule has 1 aliphatic heterocycles. The lowest BCUT2D eigenvalue weighted by atomic mass is 10.1. The van der Waals surface area contributed by atoms with Crippen LogP contribution in [0.15, 0.2) is 101 Å². The van der Waals surface area contributed by atoms with E-state index < -0.39 is 10.0 Å². The number of hydrogen-bond donors (Lipinski definition) is 0. The standard InChI is InChI=1S/C25H20N2O2S/c28-30(29,27-16-15-21-6-3-4-8-25(21)27)24-13-11-23(12-14-24)26-18-19-9-10-20-5-1-2-7-22(20)17-19/h1-14,17-18H,15-16H2. The van der Waals surface area contributed by atoms with Gasteiger partial charge in [-0.05, 0) is 64.7 Å². The first-order chi connectivity index (χ1) is 14.6. The van der Waals surface area contributed by atoms with E-state index in [1.165, 1.54) is 9.69 Å². The van der Waals surface area contributed by atoms with Gasteiger partial charge in [0.15, 0.2) is 0 Å². The van der Waals surface area contributed by atoms with Crippen LogP contribution in [-0.4, -0.2) is 21.2 Å². The van der Waals surface area contributed by atoms with Crippen molar-refractivity contribution in [3.05, 3.63) is 102 Å². The zero-order chi connectivity index (χ0) is 20.6. The Bertz CT molecular complexity index is 1360.